The fourth-order valence-electron chi connectivity index (χ4n) is 3.06. The number of anilines is 2. The highest BCUT2D eigenvalue weighted by Gasteiger charge is 2.13. The summed E-state index contributed by atoms with van der Waals surface area (Å²) in [6.45, 7) is 0. The summed E-state index contributed by atoms with van der Waals surface area (Å²) in [5.74, 6) is 2.10. The van der Waals surface area contributed by atoms with Crippen LogP contribution in [0.5, 0.6) is 11.5 Å². The summed E-state index contributed by atoms with van der Waals surface area (Å²) in [6, 6.07) is 11.6. The van der Waals surface area contributed by atoms with Gasteiger partial charge in [0.05, 0.1) is 25.9 Å². The molecule has 4 rings (SSSR count). The molecule has 0 atom stereocenters. The number of nitrogens with zero attached hydrogens (tertiary/aromatic N) is 5. The number of aromatic nitrogens is 4. The van der Waals surface area contributed by atoms with Crippen molar-refractivity contribution in [3.05, 3.63) is 61.2 Å². The zero-order chi connectivity index (χ0) is 19.5. The van der Waals surface area contributed by atoms with Crippen molar-refractivity contribution in [1.82, 2.24) is 20.2 Å². The summed E-state index contributed by atoms with van der Waals surface area (Å²) >= 11 is 0. The zero-order valence-corrected chi connectivity index (χ0v) is 15.8. The van der Waals surface area contributed by atoms with Gasteiger partial charge < -0.3 is 14.4 Å². The fraction of sp³-hybridized carbons (Fsp3) is 0.143. The highest BCUT2D eigenvalue weighted by Crippen LogP contribution is 2.35. The number of rotatable bonds is 5. The third-order valence-electron chi connectivity index (χ3n) is 4.60. The molecule has 0 N–H and O–H groups in total. The van der Waals surface area contributed by atoms with Crippen molar-refractivity contribution in [2.45, 2.75) is 0 Å². The van der Waals surface area contributed by atoms with E-state index >= 15 is 0 Å². The number of methoxy groups -OCH3 is 2. The maximum absolute atomic E-state index is 5.43. The fourth-order valence-corrected chi connectivity index (χ4v) is 3.06. The van der Waals surface area contributed by atoms with Crippen LogP contribution in [0.25, 0.3) is 22.0 Å². The van der Waals surface area contributed by atoms with E-state index in [-0.39, 0.29) is 0 Å². The monoisotopic (exact) mass is 373 g/mol. The van der Waals surface area contributed by atoms with E-state index in [9.17, 15) is 0 Å². The summed E-state index contributed by atoms with van der Waals surface area (Å²) < 4.78 is 10.8. The zero-order valence-electron chi connectivity index (χ0n) is 15.8. The summed E-state index contributed by atoms with van der Waals surface area (Å²) in [4.78, 5) is 10.7. The van der Waals surface area contributed by atoms with Crippen LogP contribution in [0.1, 0.15) is 0 Å². The molecule has 0 bridgehead atoms. The minimum atomic E-state index is 0.619. The van der Waals surface area contributed by atoms with Crippen LogP contribution in [0.2, 0.25) is 0 Å². The lowest BCUT2D eigenvalue weighted by Gasteiger charge is -2.18. The smallest absolute Gasteiger partial charge is 0.162 e. The Bertz CT molecular complexity index is 1100. The third-order valence-corrected chi connectivity index (χ3v) is 4.60. The maximum Gasteiger partial charge on any atom is 0.162 e. The number of ether oxygens (including phenoxy) is 2. The van der Waals surface area contributed by atoms with Gasteiger partial charge in [0.15, 0.2) is 11.5 Å². The Morgan fingerprint density at radius 2 is 1.64 bits per heavy atom. The van der Waals surface area contributed by atoms with Gasteiger partial charge in [-0.2, -0.15) is 10.2 Å². The molecule has 7 heteroatoms. The van der Waals surface area contributed by atoms with Gasteiger partial charge in [-0.05, 0) is 30.3 Å². The molecular formula is C21H19N5O2. The molecule has 0 spiro atoms. The SMILES string of the molecule is COc1cc2nncc(-c3ccc(N(C)c4ccncc4)nc3)c2cc1OC. The molecule has 0 radical (unpaired) electrons. The molecule has 0 aliphatic heterocycles. The number of fused-ring (bicyclic) bond motifs is 1. The van der Waals surface area contributed by atoms with Gasteiger partial charge in [0, 0.05) is 53.9 Å². The third kappa shape index (κ3) is 3.18. The topological polar surface area (TPSA) is 73.3 Å². The Morgan fingerprint density at radius 1 is 0.893 bits per heavy atom. The van der Waals surface area contributed by atoms with Crippen LogP contribution >= 0.6 is 0 Å². The minimum Gasteiger partial charge on any atom is -0.493 e. The van der Waals surface area contributed by atoms with Crippen LogP contribution in [-0.4, -0.2) is 41.4 Å². The molecule has 4 aromatic rings. The van der Waals surface area contributed by atoms with Gasteiger partial charge in [-0.1, -0.05) is 0 Å². The Balaban J connectivity index is 1.74. The van der Waals surface area contributed by atoms with Gasteiger partial charge in [-0.3, -0.25) is 4.98 Å². The molecule has 3 aromatic heterocycles. The predicted molar refractivity (Wildman–Crippen MR) is 108 cm³/mol. The van der Waals surface area contributed by atoms with Crippen LogP contribution in [0.15, 0.2) is 61.2 Å². The lowest BCUT2D eigenvalue weighted by atomic mass is 10.0. The number of hydrogen-bond donors (Lipinski definition) is 0. The van der Waals surface area contributed by atoms with E-state index in [2.05, 4.69) is 20.2 Å². The van der Waals surface area contributed by atoms with Crippen LogP contribution in [0.3, 0.4) is 0 Å². The molecule has 0 aliphatic carbocycles. The molecule has 0 aliphatic rings. The van der Waals surface area contributed by atoms with Crippen molar-refractivity contribution in [3.8, 4) is 22.6 Å². The average molecular weight is 373 g/mol. The van der Waals surface area contributed by atoms with Crippen molar-refractivity contribution in [2.75, 3.05) is 26.2 Å². The molecule has 0 amide bonds. The highest BCUT2D eigenvalue weighted by atomic mass is 16.5. The standard InChI is InChI=1S/C21H19N5O2/c1-26(15-6-8-22-9-7-15)21-5-4-14(12-23-21)17-13-24-25-18-11-20(28-3)19(27-2)10-16(17)18/h4-13H,1-3H3. The van der Waals surface area contributed by atoms with E-state index < -0.39 is 0 Å². The second kappa shape index (κ2) is 7.48. The lowest BCUT2D eigenvalue weighted by molar-refractivity contribution is 0.356. The van der Waals surface area contributed by atoms with Crippen LogP contribution in [0.4, 0.5) is 11.5 Å². The van der Waals surface area contributed by atoms with E-state index in [0.717, 1.165) is 33.5 Å². The molecule has 140 valence electrons. The van der Waals surface area contributed by atoms with Gasteiger partial charge >= 0.3 is 0 Å². The first-order valence-electron chi connectivity index (χ1n) is 8.69. The first-order valence-corrected chi connectivity index (χ1v) is 8.69. The largest absolute Gasteiger partial charge is 0.493 e. The number of hydrogen-bond acceptors (Lipinski definition) is 7. The lowest BCUT2D eigenvalue weighted by Crippen LogP contribution is -2.10. The second-order valence-corrected chi connectivity index (χ2v) is 6.15. The van der Waals surface area contributed by atoms with Gasteiger partial charge in [-0.25, -0.2) is 4.98 Å². The van der Waals surface area contributed by atoms with Gasteiger partial charge in [-0.15, -0.1) is 0 Å². The van der Waals surface area contributed by atoms with Crippen LogP contribution in [-0.2, 0) is 0 Å². The first-order chi connectivity index (χ1) is 13.7. The van der Waals surface area contributed by atoms with E-state index in [1.54, 1.807) is 32.8 Å². The summed E-state index contributed by atoms with van der Waals surface area (Å²) in [6.07, 6.45) is 7.09. The Kier molecular flexibility index (Phi) is 4.72. The first kappa shape index (κ1) is 17.7. The van der Waals surface area contributed by atoms with Crippen molar-refractivity contribution in [2.24, 2.45) is 0 Å². The van der Waals surface area contributed by atoms with E-state index in [1.165, 1.54) is 0 Å². The minimum absolute atomic E-state index is 0.619. The molecule has 1 aromatic carbocycles. The highest BCUT2D eigenvalue weighted by molar-refractivity contribution is 5.95. The number of benzene rings is 1. The summed E-state index contributed by atoms with van der Waals surface area (Å²) in [5.41, 5.74) is 3.62. The van der Waals surface area contributed by atoms with Crippen molar-refractivity contribution < 1.29 is 9.47 Å². The molecule has 7 nitrogen and oxygen atoms in total. The van der Waals surface area contributed by atoms with Crippen LogP contribution in [0, 0.1) is 0 Å². The van der Waals surface area contributed by atoms with Gasteiger partial charge in [0.2, 0.25) is 0 Å². The molecule has 0 fully saturated rings. The molecule has 0 saturated heterocycles. The maximum atomic E-state index is 5.43. The Morgan fingerprint density at radius 3 is 2.32 bits per heavy atom. The quantitative estimate of drug-likeness (QED) is 0.526. The second-order valence-electron chi connectivity index (χ2n) is 6.15. The van der Waals surface area contributed by atoms with E-state index in [1.807, 2.05) is 54.5 Å². The van der Waals surface area contributed by atoms with Crippen molar-refractivity contribution >= 4 is 22.4 Å². The van der Waals surface area contributed by atoms with Gasteiger partial charge in [0.1, 0.15) is 5.82 Å². The normalized spacial score (nSPS) is 10.7. The van der Waals surface area contributed by atoms with Crippen LogP contribution < -0.4 is 14.4 Å². The molecule has 3 heterocycles. The summed E-state index contributed by atoms with van der Waals surface area (Å²) in [7, 11) is 5.18. The number of pyridine rings is 2. The molecular weight excluding hydrogens is 354 g/mol. The Hall–Kier alpha value is -3.74. The molecule has 0 saturated carbocycles. The average Bonchev–Trinajstić information content (AvgIpc) is 2.77. The molecule has 28 heavy (non-hydrogen) atoms. The molecule has 0 unspecified atom stereocenters. The van der Waals surface area contributed by atoms with Crippen molar-refractivity contribution in [1.29, 1.82) is 0 Å². The van der Waals surface area contributed by atoms with Crippen molar-refractivity contribution in [3.63, 3.8) is 0 Å². The predicted octanol–water partition coefficient (Wildman–Crippen LogP) is 3.87. The van der Waals surface area contributed by atoms with E-state index in [4.69, 9.17) is 9.47 Å². The summed E-state index contributed by atoms with van der Waals surface area (Å²) in [5, 5.41) is 9.27. The van der Waals surface area contributed by atoms with Gasteiger partial charge in [0.25, 0.3) is 0 Å². The van der Waals surface area contributed by atoms with E-state index in [0.29, 0.717) is 11.5 Å². The Labute approximate surface area is 162 Å².